The highest BCUT2D eigenvalue weighted by Gasteiger charge is 2.34. The molecule has 3 rings (SSSR count). The predicted octanol–water partition coefficient (Wildman–Crippen LogP) is 4.54. The SMILES string of the molecule is C[Si](C)(C)CCOCN(COCC[Si](C)(C)C)c1cc(C2CCC(O)(CO)CC2)nc2ccnn12. The first-order valence-corrected chi connectivity index (χ1v) is 20.4. The van der Waals surface area contributed by atoms with Gasteiger partial charge in [-0.3, -0.25) is 0 Å². The van der Waals surface area contributed by atoms with Gasteiger partial charge in [0, 0.05) is 53.1 Å². The Labute approximate surface area is 212 Å². The average molecular weight is 523 g/mol. The minimum atomic E-state index is -1.18. The van der Waals surface area contributed by atoms with E-state index < -0.39 is 21.7 Å². The molecular formula is C25H46N4O4Si2. The standard InChI is InChI=1S/C25H46N4O4Si2/c1-34(2,3)15-13-32-19-28(20-33-14-16-35(4,5)6)24-17-22(27-23-9-12-26-29(23)24)21-7-10-25(31,18-30)11-8-21/h9,12,17,21,30-31H,7-8,10-11,13-16,18-20H2,1-6H3. The zero-order chi connectivity index (χ0) is 25.7. The number of hydrogen-bond acceptors (Lipinski definition) is 7. The molecule has 0 atom stereocenters. The molecule has 1 aliphatic carbocycles. The Morgan fingerprint density at radius 3 is 2.11 bits per heavy atom. The number of aromatic nitrogens is 3. The number of nitrogens with zero attached hydrogens (tertiary/aromatic N) is 4. The van der Waals surface area contributed by atoms with Crippen LogP contribution in [0, 0.1) is 0 Å². The minimum Gasteiger partial charge on any atom is -0.393 e. The molecule has 2 heterocycles. The average Bonchev–Trinajstić information content (AvgIpc) is 3.25. The van der Waals surface area contributed by atoms with Crippen molar-refractivity contribution < 1.29 is 19.7 Å². The van der Waals surface area contributed by atoms with E-state index in [1.165, 1.54) is 0 Å². The summed E-state index contributed by atoms with van der Waals surface area (Å²) in [6, 6.07) is 6.27. The molecule has 2 aromatic heterocycles. The molecule has 2 N–H and O–H groups in total. The monoisotopic (exact) mass is 522 g/mol. The van der Waals surface area contributed by atoms with Crippen molar-refractivity contribution in [3.63, 3.8) is 0 Å². The number of fused-ring (bicyclic) bond motifs is 1. The second-order valence-electron chi connectivity index (χ2n) is 12.5. The molecule has 0 bridgehead atoms. The zero-order valence-electron chi connectivity index (χ0n) is 22.6. The highest BCUT2D eigenvalue weighted by molar-refractivity contribution is 6.76. The van der Waals surface area contributed by atoms with Crippen LogP contribution >= 0.6 is 0 Å². The van der Waals surface area contributed by atoms with Crippen molar-refractivity contribution in [2.24, 2.45) is 0 Å². The van der Waals surface area contributed by atoms with Crippen molar-refractivity contribution >= 4 is 27.6 Å². The Kier molecular flexibility index (Phi) is 9.55. The fourth-order valence-corrected chi connectivity index (χ4v) is 5.75. The molecule has 0 aromatic carbocycles. The molecule has 0 spiro atoms. The van der Waals surface area contributed by atoms with Gasteiger partial charge in [0.25, 0.3) is 0 Å². The van der Waals surface area contributed by atoms with Crippen molar-refractivity contribution in [1.29, 1.82) is 0 Å². The lowest BCUT2D eigenvalue weighted by Gasteiger charge is -2.34. The van der Waals surface area contributed by atoms with Crippen LogP contribution in [0.15, 0.2) is 18.3 Å². The van der Waals surface area contributed by atoms with Gasteiger partial charge >= 0.3 is 0 Å². The van der Waals surface area contributed by atoms with Crippen molar-refractivity contribution in [1.82, 2.24) is 14.6 Å². The zero-order valence-corrected chi connectivity index (χ0v) is 24.6. The van der Waals surface area contributed by atoms with Gasteiger partial charge in [0.2, 0.25) is 0 Å². The van der Waals surface area contributed by atoms with Crippen LogP contribution in [0.2, 0.25) is 51.4 Å². The summed E-state index contributed by atoms with van der Waals surface area (Å²) in [4.78, 5) is 7.01. The molecule has 1 saturated carbocycles. The normalized spacial score (nSPS) is 21.5. The summed E-state index contributed by atoms with van der Waals surface area (Å²) < 4.78 is 14.1. The predicted molar refractivity (Wildman–Crippen MR) is 147 cm³/mol. The van der Waals surface area contributed by atoms with E-state index in [0.29, 0.717) is 26.3 Å². The maximum atomic E-state index is 10.5. The fourth-order valence-electron chi connectivity index (χ4n) is 4.23. The lowest BCUT2D eigenvalue weighted by atomic mass is 9.78. The van der Waals surface area contributed by atoms with Gasteiger partial charge in [0.1, 0.15) is 19.3 Å². The molecule has 198 valence electrons. The van der Waals surface area contributed by atoms with Crippen molar-refractivity contribution in [3.05, 3.63) is 24.0 Å². The van der Waals surface area contributed by atoms with Crippen molar-refractivity contribution in [3.8, 4) is 0 Å². The molecular weight excluding hydrogens is 476 g/mol. The molecule has 0 unspecified atom stereocenters. The van der Waals surface area contributed by atoms with Gasteiger partial charge < -0.3 is 24.6 Å². The minimum absolute atomic E-state index is 0.183. The summed E-state index contributed by atoms with van der Waals surface area (Å²) in [7, 11) is -2.35. The van der Waals surface area contributed by atoms with Gasteiger partial charge in [0.15, 0.2) is 5.65 Å². The molecule has 8 nitrogen and oxygen atoms in total. The molecule has 10 heteroatoms. The van der Waals surface area contributed by atoms with Crippen LogP contribution in [-0.4, -0.2) is 79.8 Å². The molecule has 0 amide bonds. The Morgan fingerprint density at radius 2 is 1.60 bits per heavy atom. The van der Waals surface area contributed by atoms with Crippen LogP contribution in [0.4, 0.5) is 5.82 Å². The van der Waals surface area contributed by atoms with Crippen LogP contribution in [-0.2, 0) is 9.47 Å². The van der Waals surface area contributed by atoms with Crippen LogP contribution in [0.5, 0.6) is 0 Å². The van der Waals surface area contributed by atoms with E-state index in [1.807, 2.05) is 10.6 Å². The topological polar surface area (TPSA) is 92.4 Å². The van der Waals surface area contributed by atoms with E-state index in [2.05, 4.69) is 55.3 Å². The number of rotatable bonds is 13. The van der Waals surface area contributed by atoms with Gasteiger partial charge in [0.05, 0.1) is 18.4 Å². The number of aliphatic hydroxyl groups is 2. The third-order valence-electron chi connectivity index (χ3n) is 6.80. The Hall–Kier alpha value is -1.31. The quantitative estimate of drug-likeness (QED) is 0.227. The number of ether oxygens (including phenoxy) is 2. The molecule has 2 aromatic rings. The van der Waals surface area contributed by atoms with Crippen molar-refractivity contribution in [2.75, 3.05) is 38.2 Å². The van der Waals surface area contributed by atoms with E-state index in [4.69, 9.17) is 14.5 Å². The summed E-state index contributed by atoms with van der Waals surface area (Å²) in [5.74, 6) is 1.15. The molecule has 0 radical (unpaired) electrons. The Balaban J connectivity index is 1.80. The van der Waals surface area contributed by atoms with Gasteiger partial charge in [-0.25, -0.2) is 4.98 Å². The Bertz CT molecular complexity index is 912. The first-order chi connectivity index (χ1) is 16.4. The van der Waals surface area contributed by atoms with E-state index in [1.54, 1.807) is 6.20 Å². The van der Waals surface area contributed by atoms with Gasteiger partial charge in [-0.05, 0) is 37.8 Å². The highest BCUT2D eigenvalue weighted by atomic mass is 28.3. The lowest BCUT2D eigenvalue weighted by molar-refractivity contribution is -0.0458. The molecule has 1 aliphatic rings. The summed E-state index contributed by atoms with van der Waals surface area (Å²) in [5.41, 5.74) is 0.845. The Morgan fingerprint density at radius 1 is 1.03 bits per heavy atom. The number of aliphatic hydroxyl groups excluding tert-OH is 1. The summed E-state index contributed by atoms with van der Waals surface area (Å²) >= 11 is 0. The number of anilines is 1. The van der Waals surface area contributed by atoms with Crippen LogP contribution < -0.4 is 4.90 Å². The number of hydrogen-bond donors (Lipinski definition) is 2. The maximum absolute atomic E-state index is 10.5. The van der Waals surface area contributed by atoms with Crippen LogP contribution in [0.3, 0.4) is 0 Å². The van der Waals surface area contributed by atoms with Gasteiger partial charge in [-0.1, -0.05) is 39.3 Å². The van der Waals surface area contributed by atoms with E-state index >= 15 is 0 Å². The smallest absolute Gasteiger partial charge is 0.157 e. The third-order valence-corrected chi connectivity index (χ3v) is 10.2. The first-order valence-electron chi connectivity index (χ1n) is 13.0. The van der Waals surface area contributed by atoms with E-state index in [0.717, 1.165) is 55.3 Å². The molecule has 0 saturated heterocycles. The van der Waals surface area contributed by atoms with Gasteiger partial charge in [-0.2, -0.15) is 9.61 Å². The second-order valence-corrected chi connectivity index (χ2v) is 23.8. The van der Waals surface area contributed by atoms with Gasteiger partial charge in [-0.15, -0.1) is 0 Å². The highest BCUT2D eigenvalue weighted by Crippen LogP contribution is 2.38. The molecule has 35 heavy (non-hydrogen) atoms. The van der Waals surface area contributed by atoms with Crippen LogP contribution in [0.1, 0.15) is 37.3 Å². The first kappa shape index (κ1) is 28.3. The fraction of sp³-hybridized carbons (Fsp3) is 0.760. The molecule has 1 fully saturated rings. The third kappa shape index (κ3) is 8.64. The van der Waals surface area contributed by atoms with E-state index in [-0.39, 0.29) is 12.5 Å². The summed E-state index contributed by atoms with van der Waals surface area (Å²) in [5, 5.41) is 24.5. The second kappa shape index (κ2) is 11.8. The van der Waals surface area contributed by atoms with Crippen molar-refractivity contribution in [2.45, 2.75) is 88.6 Å². The molecule has 0 aliphatic heterocycles. The lowest BCUT2D eigenvalue weighted by Crippen LogP contribution is -2.37. The summed E-state index contributed by atoms with van der Waals surface area (Å²) in [6.07, 6.45) is 4.54. The van der Waals surface area contributed by atoms with Crippen LogP contribution in [0.25, 0.3) is 5.65 Å². The van der Waals surface area contributed by atoms with E-state index in [9.17, 15) is 10.2 Å². The largest absolute Gasteiger partial charge is 0.393 e. The summed E-state index contributed by atoms with van der Waals surface area (Å²) in [6.45, 7) is 16.3. The maximum Gasteiger partial charge on any atom is 0.157 e.